The molecule has 1 aliphatic rings. The van der Waals surface area contributed by atoms with Gasteiger partial charge in [-0.1, -0.05) is 13.8 Å². The van der Waals surface area contributed by atoms with Crippen LogP contribution in [0.3, 0.4) is 0 Å². The molecule has 1 fully saturated rings. The summed E-state index contributed by atoms with van der Waals surface area (Å²) >= 11 is 1.33. The largest absolute Gasteiger partial charge is 0.370 e. The highest BCUT2D eigenvalue weighted by Crippen LogP contribution is 2.19. The van der Waals surface area contributed by atoms with E-state index in [1.54, 1.807) is 12.1 Å². The fourth-order valence-corrected chi connectivity index (χ4v) is 3.75. The third kappa shape index (κ3) is 5.28. The third-order valence-corrected chi connectivity index (χ3v) is 5.49. The smallest absolute Gasteiger partial charge is 0.228 e. The maximum Gasteiger partial charge on any atom is 0.228 e. The van der Waals surface area contributed by atoms with E-state index >= 15 is 0 Å². The number of hydrogen-bond donors (Lipinski definition) is 1. The van der Waals surface area contributed by atoms with Gasteiger partial charge in [-0.15, -0.1) is 11.3 Å². The fourth-order valence-electron chi connectivity index (χ4n) is 3.04. The van der Waals surface area contributed by atoms with Crippen LogP contribution in [-0.2, 0) is 16.0 Å². The monoisotopic (exact) mass is 404 g/mol. The number of hydrogen-bond acceptors (Lipinski definition) is 5. The highest BCUT2D eigenvalue weighted by molar-refractivity contribution is 7.13. The second kappa shape index (κ2) is 9.14. The Bertz CT molecular complexity index is 822. The lowest BCUT2D eigenvalue weighted by atomic mass is 10.2. The average molecular weight is 405 g/mol. The van der Waals surface area contributed by atoms with Crippen molar-refractivity contribution in [3.8, 4) is 0 Å². The van der Waals surface area contributed by atoms with Crippen molar-refractivity contribution < 1.29 is 14.0 Å². The Morgan fingerprint density at radius 1 is 1.18 bits per heavy atom. The van der Waals surface area contributed by atoms with Crippen LogP contribution in [0.5, 0.6) is 0 Å². The molecule has 0 unspecified atom stereocenters. The summed E-state index contributed by atoms with van der Waals surface area (Å²) in [4.78, 5) is 32.8. The number of rotatable bonds is 5. The van der Waals surface area contributed by atoms with Crippen LogP contribution in [0.25, 0.3) is 0 Å². The first-order valence-electron chi connectivity index (χ1n) is 9.46. The summed E-state index contributed by atoms with van der Waals surface area (Å²) < 4.78 is 13.1. The number of nitrogens with one attached hydrogen (secondary N) is 1. The molecular weight excluding hydrogens is 379 g/mol. The molecule has 1 saturated heterocycles. The fraction of sp³-hybridized carbons (Fsp3) is 0.450. The molecule has 0 saturated carbocycles. The highest BCUT2D eigenvalue weighted by Gasteiger charge is 2.20. The van der Waals surface area contributed by atoms with Gasteiger partial charge in [-0.25, -0.2) is 9.37 Å². The Kier molecular flexibility index (Phi) is 6.61. The van der Waals surface area contributed by atoms with Crippen molar-refractivity contribution in [1.82, 2.24) is 9.88 Å². The first-order valence-corrected chi connectivity index (χ1v) is 10.3. The van der Waals surface area contributed by atoms with Gasteiger partial charge in [-0.3, -0.25) is 9.59 Å². The number of thiazole rings is 1. The van der Waals surface area contributed by atoms with Gasteiger partial charge in [0.25, 0.3) is 0 Å². The molecule has 2 amide bonds. The van der Waals surface area contributed by atoms with Crippen molar-refractivity contribution in [2.24, 2.45) is 5.92 Å². The number of halogens is 1. The van der Waals surface area contributed by atoms with Crippen molar-refractivity contribution in [3.63, 3.8) is 0 Å². The van der Waals surface area contributed by atoms with Gasteiger partial charge < -0.3 is 15.1 Å². The number of carbonyl (C=O) groups is 2. The molecule has 0 bridgehead atoms. The second-order valence-corrected chi connectivity index (χ2v) is 8.02. The summed E-state index contributed by atoms with van der Waals surface area (Å²) in [7, 11) is 0. The Labute approximate surface area is 168 Å². The van der Waals surface area contributed by atoms with Crippen LogP contribution in [0, 0.1) is 11.7 Å². The molecule has 6 nitrogen and oxygen atoms in total. The number of carbonyl (C=O) groups excluding carboxylic acids is 2. The van der Waals surface area contributed by atoms with E-state index in [9.17, 15) is 14.0 Å². The summed E-state index contributed by atoms with van der Waals surface area (Å²) in [5.41, 5.74) is 1.65. The van der Waals surface area contributed by atoms with Crippen LogP contribution in [0.2, 0.25) is 0 Å². The molecule has 1 aliphatic heterocycles. The van der Waals surface area contributed by atoms with Crippen molar-refractivity contribution in [2.45, 2.75) is 26.7 Å². The van der Waals surface area contributed by atoms with Crippen LogP contribution in [0.15, 0.2) is 29.6 Å². The molecule has 3 rings (SSSR count). The van der Waals surface area contributed by atoms with Crippen LogP contribution in [-0.4, -0.2) is 47.9 Å². The number of benzene rings is 1. The predicted octanol–water partition coefficient (Wildman–Crippen LogP) is 3.16. The van der Waals surface area contributed by atoms with Gasteiger partial charge in [-0.05, 0) is 30.7 Å². The molecule has 0 atom stereocenters. The Morgan fingerprint density at radius 3 is 2.64 bits per heavy atom. The molecule has 28 heavy (non-hydrogen) atoms. The summed E-state index contributed by atoms with van der Waals surface area (Å²) in [5, 5.41) is 5.11. The van der Waals surface area contributed by atoms with Crippen LogP contribution in [0.4, 0.5) is 15.2 Å². The minimum atomic E-state index is -0.248. The standard InChI is InChI=1S/C20H25FN4O2S/c1-14(2)19(27)23-20-22-16(13-28-20)12-18(26)25-9-3-8-24(10-11-25)17-6-4-15(21)5-7-17/h4-7,13-14H,3,8-12H2,1-2H3,(H,22,23,27). The molecule has 2 aromatic rings. The lowest BCUT2D eigenvalue weighted by Crippen LogP contribution is -2.36. The normalized spacial score (nSPS) is 14.9. The van der Waals surface area contributed by atoms with E-state index in [1.165, 1.54) is 23.5 Å². The van der Waals surface area contributed by atoms with Gasteiger partial charge in [0.1, 0.15) is 5.82 Å². The Hall–Kier alpha value is -2.48. The van der Waals surface area contributed by atoms with E-state index in [4.69, 9.17) is 0 Å². The van der Waals surface area contributed by atoms with E-state index in [1.807, 2.05) is 24.1 Å². The molecule has 1 aromatic carbocycles. The zero-order chi connectivity index (χ0) is 20.1. The summed E-state index contributed by atoms with van der Waals surface area (Å²) in [6.07, 6.45) is 1.08. The summed E-state index contributed by atoms with van der Waals surface area (Å²) in [5.74, 6) is -0.411. The molecular formula is C20H25FN4O2S. The van der Waals surface area contributed by atoms with Gasteiger partial charge in [0.05, 0.1) is 12.1 Å². The Balaban J connectivity index is 1.54. The van der Waals surface area contributed by atoms with Crippen molar-refractivity contribution >= 4 is 34.0 Å². The van der Waals surface area contributed by atoms with Crippen LogP contribution >= 0.6 is 11.3 Å². The second-order valence-electron chi connectivity index (χ2n) is 7.16. The van der Waals surface area contributed by atoms with E-state index in [0.717, 1.165) is 18.7 Å². The van der Waals surface area contributed by atoms with Crippen molar-refractivity contribution in [1.29, 1.82) is 0 Å². The maximum absolute atomic E-state index is 13.1. The maximum atomic E-state index is 13.1. The van der Waals surface area contributed by atoms with E-state index in [2.05, 4.69) is 15.2 Å². The quantitative estimate of drug-likeness (QED) is 0.831. The summed E-state index contributed by atoms with van der Waals surface area (Å²) in [6.45, 7) is 6.50. The molecule has 150 valence electrons. The van der Waals surface area contributed by atoms with E-state index < -0.39 is 0 Å². The summed E-state index contributed by atoms with van der Waals surface area (Å²) in [6, 6.07) is 6.46. The minimum Gasteiger partial charge on any atom is -0.370 e. The first-order chi connectivity index (χ1) is 13.4. The van der Waals surface area contributed by atoms with Crippen LogP contribution < -0.4 is 10.2 Å². The van der Waals surface area contributed by atoms with Gasteiger partial charge in [0.2, 0.25) is 11.8 Å². The topological polar surface area (TPSA) is 65.5 Å². The molecule has 1 N–H and O–H groups in total. The molecule has 0 spiro atoms. The first kappa shape index (κ1) is 20.3. The van der Waals surface area contributed by atoms with Crippen molar-refractivity contribution in [2.75, 3.05) is 36.4 Å². The number of anilines is 2. The number of aromatic nitrogens is 1. The lowest BCUT2D eigenvalue weighted by molar-refractivity contribution is -0.130. The Morgan fingerprint density at radius 2 is 1.93 bits per heavy atom. The zero-order valence-corrected chi connectivity index (χ0v) is 17.0. The molecule has 1 aromatic heterocycles. The van der Waals surface area contributed by atoms with Crippen LogP contribution in [0.1, 0.15) is 26.0 Å². The average Bonchev–Trinajstić information content (AvgIpc) is 2.95. The van der Waals surface area contributed by atoms with Crippen molar-refractivity contribution in [3.05, 3.63) is 41.2 Å². The molecule has 2 heterocycles. The third-order valence-electron chi connectivity index (χ3n) is 4.68. The zero-order valence-electron chi connectivity index (χ0n) is 16.2. The minimum absolute atomic E-state index is 0.0352. The number of nitrogens with zero attached hydrogens (tertiary/aromatic N) is 3. The molecule has 0 aliphatic carbocycles. The molecule has 0 radical (unpaired) electrons. The van der Waals surface area contributed by atoms with Gasteiger partial charge in [-0.2, -0.15) is 0 Å². The SMILES string of the molecule is CC(C)C(=O)Nc1nc(CC(=O)N2CCCN(c3ccc(F)cc3)CC2)cs1. The van der Waals surface area contributed by atoms with E-state index in [0.29, 0.717) is 30.5 Å². The van der Waals surface area contributed by atoms with Gasteiger partial charge in [0, 0.05) is 43.2 Å². The molecule has 8 heteroatoms. The van der Waals surface area contributed by atoms with E-state index in [-0.39, 0.29) is 30.0 Å². The highest BCUT2D eigenvalue weighted by atomic mass is 32.1. The predicted molar refractivity (Wildman–Crippen MR) is 109 cm³/mol. The van der Waals surface area contributed by atoms with Gasteiger partial charge >= 0.3 is 0 Å². The van der Waals surface area contributed by atoms with Gasteiger partial charge in [0.15, 0.2) is 5.13 Å². The lowest BCUT2D eigenvalue weighted by Gasteiger charge is -2.23. The number of amides is 2.